The van der Waals surface area contributed by atoms with E-state index in [-0.39, 0.29) is 5.69 Å². The second kappa shape index (κ2) is 7.31. The molecule has 1 aromatic rings. The van der Waals surface area contributed by atoms with E-state index in [0.29, 0.717) is 6.61 Å². The van der Waals surface area contributed by atoms with Crippen LogP contribution < -0.4 is 5.73 Å². The highest BCUT2D eigenvalue weighted by Crippen LogP contribution is 2.06. The zero-order valence-corrected chi connectivity index (χ0v) is 8.25. The molecular formula is C9H12N2O4. The lowest BCUT2D eigenvalue weighted by Crippen LogP contribution is -2.11. The number of ether oxygens (including phenoxy) is 1. The number of hydrogen-bond donors (Lipinski definition) is 1. The molecule has 0 aliphatic heterocycles. The zero-order valence-electron chi connectivity index (χ0n) is 8.25. The number of para-hydroxylation sites is 1. The van der Waals surface area contributed by atoms with Crippen LogP contribution in [-0.4, -0.2) is 17.6 Å². The molecule has 82 valence electrons. The molecule has 6 nitrogen and oxygen atoms in total. The van der Waals surface area contributed by atoms with Gasteiger partial charge in [-0.1, -0.05) is 18.2 Å². The molecule has 1 rings (SSSR count). The smallest absolute Gasteiger partial charge is 0.404 e. The first kappa shape index (κ1) is 12.9. The Labute approximate surface area is 86.8 Å². The summed E-state index contributed by atoms with van der Waals surface area (Å²) in [6, 6.07) is 7.93. The Morgan fingerprint density at radius 2 is 2.00 bits per heavy atom. The minimum Gasteiger partial charge on any atom is -0.450 e. The minimum atomic E-state index is -0.711. The van der Waals surface area contributed by atoms with Crippen molar-refractivity contribution in [1.82, 2.24) is 0 Å². The summed E-state index contributed by atoms with van der Waals surface area (Å²) in [5, 5.41) is 10.0. The number of hydrogen-bond acceptors (Lipinski definition) is 4. The number of carbonyl (C=O) groups excluding carboxylic acids is 1. The van der Waals surface area contributed by atoms with Gasteiger partial charge in [-0.2, -0.15) is 0 Å². The molecule has 6 heteroatoms. The third-order valence-electron chi connectivity index (χ3n) is 1.25. The number of nitrogens with zero attached hydrogens (tertiary/aromatic N) is 1. The Morgan fingerprint density at radius 3 is 2.20 bits per heavy atom. The lowest BCUT2D eigenvalue weighted by atomic mass is 10.3. The Bertz CT molecular complexity index is 313. The highest BCUT2D eigenvalue weighted by Gasteiger charge is 1.98. The van der Waals surface area contributed by atoms with E-state index in [9.17, 15) is 14.9 Å². The normalized spacial score (nSPS) is 8.33. The maximum atomic E-state index is 10.0. The molecule has 0 aliphatic carbocycles. The molecule has 0 spiro atoms. The number of nitrogens with two attached hydrogens (primary N) is 1. The third kappa shape index (κ3) is 7.00. The quantitative estimate of drug-likeness (QED) is 0.596. The van der Waals surface area contributed by atoms with Gasteiger partial charge < -0.3 is 10.5 Å². The summed E-state index contributed by atoms with van der Waals surface area (Å²) in [4.78, 5) is 19.2. The van der Waals surface area contributed by atoms with E-state index in [2.05, 4.69) is 10.5 Å². The van der Waals surface area contributed by atoms with Crippen LogP contribution in [0.1, 0.15) is 6.92 Å². The molecule has 0 unspecified atom stereocenters. The average molecular weight is 212 g/mol. The maximum Gasteiger partial charge on any atom is 0.404 e. The van der Waals surface area contributed by atoms with Crippen molar-refractivity contribution in [3.05, 3.63) is 40.4 Å². The van der Waals surface area contributed by atoms with Gasteiger partial charge in [-0.15, -0.1) is 0 Å². The van der Waals surface area contributed by atoms with E-state index in [0.717, 1.165) is 0 Å². The second-order valence-corrected chi connectivity index (χ2v) is 2.34. The van der Waals surface area contributed by atoms with Crippen molar-refractivity contribution in [2.24, 2.45) is 5.73 Å². The predicted molar refractivity (Wildman–Crippen MR) is 54.3 cm³/mol. The SMILES string of the molecule is CCOC(N)=O.O=[N+]([O-])c1ccccc1. The molecule has 0 aromatic heterocycles. The van der Waals surface area contributed by atoms with Gasteiger partial charge in [-0.25, -0.2) is 4.79 Å². The number of primary amides is 1. The molecule has 0 saturated carbocycles. The number of nitro groups is 1. The van der Waals surface area contributed by atoms with Crippen LogP contribution in [0.3, 0.4) is 0 Å². The predicted octanol–water partition coefficient (Wildman–Crippen LogP) is 1.70. The fourth-order valence-electron chi connectivity index (χ4n) is 0.692. The zero-order chi connectivity index (χ0) is 11.7. The largest absolute Gasteiger partial charge is 0.450 e. The average Bonchev–Trinajstić information content (AvgIpc) is 2.20. The Morgan fingerprint density at radius 1 is 1.47 bits per heavy atom. The molecule has 15 heavy (non-hydrogen) atoms. The van der Waals surface area contributed by atoms with Crippen molar-refractivity contribution < 1.29 is 14.5 Å². The van der Waals surface area contributed by atoms with E-state index in [1.807, 2.05) is 0 Å². The molecule has 2 N–H and O–H groups in total. The van der Waals surface area contributed by atoms with Crippen LogP contribution >= 0.6 is 0 Å². The van der Waals surface area contributed by atoms with Gasteiger partial charge in [0, 0.05) is 12.1 Å². The van der Waals surface area contributed by atoms with Gasteiger partial charge in [0.25, 0.3) is 5.69 Å². The molecule has 0 saturated heterocycles. The fraction of sp³-hybridized carbons (Fsp3) is 0.222. The van der Waals surface area contributed by atoms with Crippen LogP contribution in [0.4, 0.5) is 10.5 Å². The van der Waals surface area contributed by atoms with Crippen molar-refractivity contribution in [1.29, 1.82) is 0 Å². The van der Waals surface area contributed by atoms with Crippen molar-refractivity contribution in [3.63, 3.8) is 0 Å². The first-order valence-corrected chi connectivity index (χ1v) is 4.19. The van der Waals surface area contributed by atoms with Gasteiger partial charge in [-0.3, -0.25) is 10.1 Å². The summed E-state index contributed by atoms with van der Waals surface area (Å²) in [6.07, 6.45) is -0.711. The van der Waals surface area contributed by atoms with Gasteiger partial charge in [0.1, 0.15) is 0 Å². The lowest BCUT2D eigenvalue weighted by molar-refractivity contribution is -0.384. The van der Waals surface area contributed by atoms with Crippen LogP contribution in [0.5, 0.6) is 0 Å². The van der Waals surface area contributed by atoms with Gasteiger partial charge in [0.05, 0.1) is 11.5 Å². The first-order valence-electron chi connectivity index (χ1n) is 4.19. The minimum absolute atomic E-state index is 0.137. The van der Waals surface area contributed by atoms with Crippen LogP contribution in [0.15, 0.2) is 30.3 Å². The van der Waals surface area contributed by atoms with Crippen molar-refractivity contribution >= 4 is 11.8 Å². The molecule has 1 aromatic carbocycles. The number of non-ortho nitro benzene ring substituents is 1. The number of benzene rings is 1. The molecular weight excluding hydrogens is 200 g/mol. The monoisotopic (exact) mass is 212 g/mol. The van der Waals surface area contributed by atoms with Crippen molar-refractivity contribution in [2.45, 2.75) is 6.92 Å². The molecule has 1 amide bonds. The molecule has 0 aliphatic rings. The number of rotatable bonds is 2. The van der Waals surface area contributed by atoms with Gasteiger partial charge >= 0.3 is 6.09 Å². The van der Waals surface area contributed by atoms with Gasteiger partial charge in [0.2, 0.25) is 0 Å². The topological polar surface area (TPSA) is 95.5 Å². The summed E-state index contributed by atoms with van der Waals surface area (Å²) >= 11 is 0. The Balaban J connectivity index is 0.000000288. The van der Waals surface area contributed by atoms with Crippen molar-refractivity contribution in [2.75, 3.05) is 6.61 Å². The summed E-state index contributed by atoms with van der Waals surface area (Å²) in [5.41, 5.74) is 4.68. The molecule has 0 radical (unpaired) electrons. The lowest BCUT2D eigenvalue weighted by Gasteiger charge is -1.89. The summed E-state index contributed by atoms with van der Waals surface area (Å²) < 4.78 is 4.18. The Kier molecular flexibility index (Phi) is 6.28. The highest BCUT2D eigenvalue weighted by atomic mass is 16.6. The van der Waals surface area contributed by atoms with Crippen LogP contribution in [0.25, 0.3) is 0 Å². The molecule has 0 atom stereocenters. The fourth-order valence-corrected chi connectivity index (χ4v) is 0.692. The Hall–Kier alpha value is -2.11. The first-order chi connectivity index (χ1) is 7.07. The summed E-state index contributed by atoms with van der Waals surface area (Å²) in [7, 11) is 0. The van der Waals surface area contributed by atoms with E-state index in [1.165, 1.54) is 12.1 Å². The molecule has 0 fully saturated rings. The highest BCUT2D eigenvalue weighted by molar-refractivity contribution is 5.64. The number of amides is 1. The van der Waals surface area contributed by atoms with E-state index in [4.69, 9.17) is 0 Å². The van der Waals surface area contributed by atoms with E-state index < -0.39 is 11.0 Å². The summed E-state index contributed by atoms with van der Waals surface area (Å²) in [5.74, 6) is 0. The van der Waals surface area contributed by atoms with Crippen LogP contribution in [0.2, 0.25) is 0 Å². The maximum absolute atomic E-state index is 10.0. The molecule has 0 heterocycles. The van der Waals surface area contributed by atoms with Gasteiger partial charge in [-0.05, 0) is 6.92 Å². The van der Waals surface area contributed by atoms with Crippen LogP contribution in [0, 0.1) is 10.1 Å². The number of carbonyl (C=O) groups is 1. The van der Waals surface area contributed by atoms with Crippen molar-refractivity contribution in [3.8, 4) is 0 Å². The summed E-state index contributed by atoms with van der Waals surface area (Å²) in [6.45, 7) is 2.06. The number of nitro benzene ring substituents is 1. The standard InChI is InChI=1S/C6H5NO2.C3H7NO2/c8-7(9)6-4-2-1-3-5-6;1-2-6-3(4)5/h1-5H;2H2,1H3,(H2,4,5). The second-order valence-electron chi connectivity index (χ2n) is 2.34. The van der Waals surface area contributed by atoms with Crippen LogP contribution in [-0.2, 0) is 4.74 Å². The molecule has 0 bridgehead atoms. The van der Waals surface area contributed by atoms with E-state index in [1.54, 1.807) is 25.1 Å². The third-order valence-corrected chi connectivity index (χ3v) is 1.25. The van der Waals surface area contributed by atoms with E-state index >= 15 is 0 Å². The van der Waals surface area contributed by atoms with Gasteiger partial charge in [0.15, 0.2) is 0 Å².